The van der Waals surface area contributed by atoms with Crippen LogP contribution in [0.15, 0.2) is 34.7 Å². The Kier molecular flexibility index (Phi) is 4.84. The number of anilines is 1. The molecule has 0 saturated carbocycles. The molecule has 3 N–H and O–H groups in total. The highest BCUT2D eigenvalue weighted by molar-refractivity contribution is 14.1. The predicted molar refractivity (Wildman–Crippen MR) is 85.4 cm³/mol. The lowest BCUT2D eigenvalue weighted by molar-refractivity contribution is 0.0698. The predicted octanol–water partition coefficient (Wildman–Crippen LogP) is 3.21. The highest BCUT2D eigenvalue weighted by Gasteiger charge is 2.13. The van der Waals surface area contributed by atoms with E-state index in [9.17, 15) is 9.59 Å². The molecule has 0 aliphatic carbocycles. The molecule has 1 aromatic heterocycles. The number of carboxylic acids is 1. The van der Waals surface area contributed by atoms with Gasteiger partial charge < -0.3 is 20.2 Å². The smallest absolute Gasteiger partial charge is 0.337 e. The van der Waals surface area contributed by atoms with E-state index in [1.165, 1.54) is 6.07 Å². The van der Waals surface area contributed by atoms with E-state index >= 15 is 0 Å². The molecule has 2 rings (SSSR count). The number of carboxylic acid groups (broad SMARTS) is 1. The molecule has 0 aliphatic heterocycles. The molecule has 0 atom stereocenters. The Morgan fingerprint density at radius 2 is 2.05 bits per heavy atom. The quantitative estimate of drug-likeness (QED) is 0.688. The summed E-state index contributed by atoms with van der Waals surface area (Å²) in [6.45, 7) is 2.04. The fourth-order valence-electron chi connectivity index (χ4n) is 1.72. The molecule has 1 heterocycles. The van der Waals surface area contributed by atoms with Gasteiger partial charge in [0.15, 0.2) is 0 Å². The average Bonchev–Trinajstić information content (AvgIpc) is 2.84. The van der Waals surface area contributed by atoms with Gasteiger partial charge in [-0.25, -0.2) is 9.59 Å². The van der Waals surface area contributed by atoms with Crippen molar-refractivity contribution in [2.24, 2.45) is 0 Å². The van der Waals surface area contributed by atoms with Gasteiger partial charge in [-0.05, 0) is 59.8 Å². The lowest BCUT2D eigenvalue weighted by Crippen LogP contribution is -2.28. The van der Waals surface area contributed by atoms with Crippen molar-refractivity contribution in [2.75, 3.05) is 5.32 Å². The third-order valence-electron chi connectivity index (χ3n) is 2.68. The number of carbonyl (C=O) groups is 2. The minimum absolute atomic E-state index is 0.0471. The van der Waals surface area contributed by atoms with Crippen molar-refractivity contribution in [3.63, 3.8) is 0 Å². The Morgan fingerprint density at radius 3 is 2.67 bits per heavy atom. The highest BCUT2D eigenvalue weighted by atomic mass is 127. The molecule has 0 unspecified atom stereocenters. The molecule has 0 aliphatic rings. The van der Waals surface area contributed by atoms with Crippen LogP contribution in [0, 0.1) is 10.5 Å². The van der Waals surface area contributed by atoms with Crippen LogP contribution in [0.3, 0.4) is 0 Å². The number of aryl methyl sites for hydroxylation is 1. The molecule has 0 radical (unpaired) electrons. The van der Waals surface area contributed by atoms with Gasteiger partial charge in [-0.2, -0.15) is 0 Å². The zero-order valence-electron chi connectivity index (χ0n) is 11.1. The molecule has 110 valence electrons. The van der Waals surface area contributed by atoms with Crippen LogP contribution in [-0.4, -0.2) is 17.1 Å². The van der Waals surface area contributed by atoms with Gasteiger partial charge in [0.1, 0.15) is 11.5 Å². The molecule has 0 spiro atoms. The van der Waals surface area contributed by atoms with E-state index in [4.69, 9.17) is 9.52 Å². The van der Waals surface area contributed by atoms with Crippen LogP contribution < -0.4 is 10.6 Å². The van der Waals surface area contributed by atoms with Gasteiger partial charge in [0.05, 0.1) is 17.8 Å². The Labute approximate surface area is 134 Å². The van der Waals surface area contributed by atoms with Crippen LogP contribution in [0.4, 0.5) is 10.5 Å². The summed E-state index contributed by atoms with van der Waals surface area (Å²) in [6, 6.07) is 7.85. The van der Waals surface area contributed by atoms with Crippen LogP contribution >= 0.6 is 22.6 Å². The van der Waals surface area contributed by atoms with Gasteiger partial charge in [-0.1, -0.05) is 0 Å². The minimum atomic E-state index is -1.09. The van der Waals surface area contributed by atoms with Gasteiger partial charge in [0.25, 0.3) is 0 Å². The van der Waals surface area contributed by atoms with Gasteiger partial charge >= 0.3 is 12.0 Å². The maximum absolute atomic E-state index is 11.8. The number of benzene rings is 1. The number of hydrogen-bond donors (Lipinski definition) is 3. The molecule has 2 aromatic rings. The monoisotopic (exact) mass is 400 g/mol. The minimum Gasteiger partial charge on any atom is -0.478 e. The third-order valence-corrected chi connectivity index (χ3v) is 3.35. The standard InChI is InChI=1S/C14H13IN2O4/c1-8-2-4-10(21-8)7-16-14(20)17-12-5-3-9(15)6-11(12)13(18)19/h2-6H,7H2,1H3,(H,18,19)(H2,16,17,20). The number of amides is 2. The summed E-state index contributed by atoms with van der Waals surface area (Å²) in [5.74, 6) is 0.298. The lowest BCUT2D eigenvalue weighted by atomic mass is 10.2. The fourth-order valence-corrected chi connectivity index (χ4v) is 2.21. The first-order valence-electron chi connectivity index (χ1n) is 6.08. The van der Waals surface area contributed by atoms with Crippen molar-refractivity contribution in [3.05, 3.63) is 51.0 Å². The van der Waals surface area contributed by atoms with Crippen molar-refractivity contribution in [1.82, 2.24) is 5.32 Å². The Balaban J connectivity index is 2.01. The van der Waals surface area contributed by atoms with Crippen LogP contribution in [-0.2, 0) is 6.54 Å². The first kappa shape index (κ1) is 15.4. The number of furan rings is 1. The summed E-state index contributed by atoms with van der Waals surface area (Å²) in [4.78, 5) is 22.9. The summed E-state index contributed by atoms with van der Waals surface area (Å²) in [5.41, 5.74) is 0.293. The van der Waals surface area contributed by atoms with Crippen LogP contribution in [0.1, 0.15) is 21.9 Å². The Hall–Kier alpha value is -2.03. The van der Waals surface area contributed by atoms with E-state index in [-0.39, 0.29) is 17.8 Å². The number of rotatable bonds is 4. The van der Waals surface area contributed by atoms with E-state index in [0.717, 1.165) is 9.33 Å². The summed E-state index contributed by atoms with van der Waals surface area (Å²) in [7, 11) is 0. The topological polar surface area (TPSA) is 91.6 Å². The Bertz CT molecular complexity index is 681. The van der Waals surface area contributed by atoms with E-state index in [2.05, 4.69) is 10.6 Å². The lowest BCUT2D eigenvalue weighted by Gasteiger charge is -2.09. The maximum Gasteiger partial charge on any atom is 0.337 e. The third kappa shape index (κ3) is 4.22. The normalized spacial score (nSPS) is 10.2. The van der Waals surface area contributed by atoms with Crippen molar-refractivity contribution >= 4 is 40.3 Å². The molecule has 6 nitrogen and oxygen atoms in total. The Morgan fingerprint density at radius 1 is 1.29 bits per heavy atom. The number of aromatic carboxylic acids is 1. The van der Waals surface area contributed by atoms with Gasteiger partial charge in [0.2, 0.25) is 0 Å². The summed E-state index contributed by atoms with van der Waals surface area (Å²) in [6.07, 6.45) is 0. The summed E-state index contributed by atoms with van der Waals surface area (Å²) < 4.78 is 6.10. The fraction of sp³-hybridized carbons (Fsp3) is 0.143. The average molecular weight is 400 g/mol. The van der Waals surface area contributed by atoms with Crippen molar-refractivity contribution < 1.29 is 19.1 Å². The van der Waals surface area contributed by atoms with E-state index in [1.807, 2.05) is 29.5 Å². The number of urea groups is 1. The molecule has 2 amide bonds. The highest BCUT2D eigenvalue weighted by Crippen LogP contribution is 2.19. The second-order valence-corrected chi connectivity index (χ2v) is 5.56. The summed E-state index contributed by atoms with van der Waals surface area (Å²) in [5, 5.41) is 14.2. The van der Waals surface area contributed by atoms with Crippen LogP contribution in [0.5, 0.6) is 0 Å². The van der Waals surface area contributed by atoms with Gasteiger partial charge in [0, 0.05) is 3.57 Å². The molecule has 1 aromatic carbocycles. The first-order chi connectivity index (χ1) is 9.95. The zero-order chi connectivity index (χ0) is 15.4. The van der Waals surface area contributed by atoms with Gasteiger partial charge in [-0.3, -0.25) is 0 Å². The number of nitrogens with one attached hydrogen (secondary N) is 2. The van der Waals surface area contributed by atoms with Gasteiger partial charge in [-0.15, -0.1) is 0 Å². The van der Waals surface area contributed by atoms with Crippen molar-refractivity contribution in [1.29, 1.82) is 0 Å². The first-order valence-corrected chi connectivity index (χ1v) is 7.16. The molecule has 7 heteroatoms. The SMILES string of the molecule is Cc1ccc(CNC(=O)Nc2ccc(I)cc2C(=O)O)o1. The van der Waals surface area contributed by atoms with E-state index < -0.39 is 12.0 Å². The summed E-state index contributed by atoms with van der Waals surface area (Å²) >= 11 is 2.01. The molecule has 0 saturated heterocycles. The van der Waals surface area contributed by atoms with Crippen molar-refractivity contribution in [3.8, 4) is 0 Å². The van der Waals surface area contributed by atoms with E-state index in [0.29, 0.717) is 5.76 Å². The number of halogens is 1. The second-order valence-electron chi connectivity index (χ2n) is 4.32. The number of carbonyl (C=O) groups excluding carboxylic acids is 1. The largest absolute Gasteiger partial charge is 0.478 e. The second kappa shape index (κ2) is 6.61. The molecule has 21 heavy (non-hydrogen) atoms. The molecule has 0 bridgehead atoms. The van der Waals surface area contributed by atoms with Crippen molar-refractivity contribution in [2.45, 2.75) is 13.5 Å². The van der Waals surface area contributed by atoms with Crippen LogP contribution in [0.25, 0.3) is 0 Å². The molecule has 0 fully saturated rings. The zero-order valence-corrected chi connectivity index (χ0v) is 13.3. The molecular weight excluding hydrogens is 387 g/mol. The number of hydrogen-bond acceptors (Lipinski definition) is 3. The van der Waals surface area contributed by atoms with Crippen LogP contribution in [0.2, 0.25) is 0 Å². The maximum atomic E-state index is 11.8. The molecular formula is C14H13IN2O4. The van der Waals surface area contributed by atoms with E-state index in [1.54, 1.807) is 24.3 Å².